The zero-order chi connectivity index (χ0) is 10.4. The van der Waals surface area contributed by atoms with E-state index in [1.165, 1.54) is 7.11 Å². The lowest BCUT2D eigenvalue weighted by Gasteiger charge is -2.27. The van der Waals surface area contributed by atoms with Crippen molar-refractivity contribution in [3.63, 3.8) is 0 Å². The van der Waals surface area contributed by atoms with Crippen molar-refractivity contribution in [2.45, 2.75) is 37.7 Å². The summed E-state index contributed by atoms with van der Waals surface area (Å²) in [5.41, 5.74) is 5.52. The molecule has 0 saturated carbocycles. The van der Waals surface area contributed by atoms with Gasteiger partial charge in [0.05, 0.1) is 12.7 Å². The summed E-state index contributed by atoms with van der Waals surface area (Å²) < 4.78 is 4.76. The maximum Gasteiger partial charge on any atom is 0.110 e. The van der Waals surface area contributed by atoms with Crippen molar-refractivity contribution >= 4 is 0 Å². The number of hydrogen-bond donors (Lipinski definition) is 4. The van der Waals surface area contributed by atoms with Crippen molar-refractivity contribution in [2.24, 2.45) is 5.73 Å². The lowest BCUT2D eigenvalue weighted by atomic mass is 10.0. The van der Waals surface area contributed by atoms with Gasteiger partial charge in [0.25, 0.3) is 0 Å². The van der Waals surface area contributed by atoms with Crippen LogP contribution in [-0.2, 0) is 4.74 Å². The third kappa shape index (κ3) is 3.58. The fraction of sp³-hybridized carbons (Fsp3) is 1.00. The smallest absolute Gasteiger partial charge is 0.110 e. The van der Waals surface area contributed by atoms with E-state index in [4.69, 9.17) is 15.6 Å². The topological polar surface area (TPSA) is 95.9 Å². The molecular weight excluding hydrogens is 174 g/mol. The maximum absolute atomic E-state index is 9.46. The highest BCUT2D eigenvalue weighted by molar-refractivity contribution is 4.82. The average Bonchev–Trinajstić information content (AvgIpc) is 2.17. The predicted molar refractivity (Wildman–Crippen MR) is 48.2 cm³/mol. The Balaban J connectivity index is 4.13. The molecule has 3 unspecified atom stereocenters. The normalized spacial score (nSPS) is 20.8. The molecule has 13 heavy (non-hydrogen) atoms. The van der Waals surface area contributed by atoms with Crippen LogP contribution >= 0.6 is 0 Å². The van der Waals surface area contributed by atoms with Crippen LogP contribution in [0.2, 0.25) is 0 Å². The molecule has 0 aromatic carbocycles. The van der Waals surface area contributed by atoms with Gasteiger partial charge in [0.15, 0.2) is 0 Å². The first-order valence-electron chi connectivity index (χ1n) is 4.33. The van der Waals surface area contributed by atoms with Crippen molar-refractivity contribution in [1.29, 1.82) is 0 Å². The number of aliphatic hydroxyl groups is 3. The Morgan fingerprint density at radius 2 is 1.85 bits per heavy atom. The first-order chi connectivity index (χ1) is 6.08. The lowest BCUT2D eigenvalue weighted by molar-refractivity contribution is -0.0985. The number of nitrogens with two attached hydrogens (primary N) is 1. The third-order valence-corrected chi connectivity index (χ3v) is 2.12. The van der Waals surface area contributed by atoms with Gasteiger partial charge in [0, 0.05) is 13.2 Å². The quantitative estimate of drug-likeness (QED) is 0.410. The first-order valence-corrected chi connectivity index (χ1v) is 4.33. The van der Waals surface area contributed by atoms with E-state index in [0.29, 0.717) is 6.42 Å². The van der Waals surface area contributed by atoms with Gasteiger partial charge in [-0.1, -0.05) is 6.92 Å². The summed E-state index contributed by atoms with van der Waals surface area (Å²) >= 11 is 0. The molecule has 0 aliphatic carbocycles. The van der Waals surface area contributed by atoms with Gasteiger partial charge in [0.2, 0.25) is 0 Å². The monoisotopic (exact) mass is 193 g/mol. The van der Waals surface area contributed by atoms with E-state index >= 15 is 0 Å². The zero-order valence-corrected chi connectivity index (χ0v) is 8.05. The summed E-state index contributed by atoms with van der Waals surface area (Å²) in [4.78, 5) is 0. The van der Waals surface area contributed by atoms with Crippen LogP contribution in [0.5, 0.6) is 0 Å². The average molecular weight is 193 g/mol. The first kappa shape index (κ1) is 12.8. The zero-order valence-electron chi connectivity index (χ0n) is 8.05. The van der Waals surface area contributed by atoms with Crippen LogP contribution in [0.3, 0.4) is 0 Å². The van der Waals surface area contributed by atoms with Gasteiger partial charge in [0.1, 0.15) is 12.2 Å². The van der Waals surface area contributed by atoms with Crippen molar-refractivity contribution < 1.29 is 20.1 Å². The van der Waals surface area contributed by atoms with E-state index in [-0.39, 0.29) is 6.61 Å². The van der Waals surface area contributed by atoms with E-state index in [0.717, 1.165) is 0 Å². The van der Waals surface area contributed by atoms with Crippen LogP contribution < -0.4 is 5.73 Å². The number of methoxy groups -OCH3 is 1. The molecule has 0 amide bonds. The van der Waals surface area contributed by atoms with E-state index in [9.17, 15) is 10.2 Å². The van der Waals surface area contributed by atoms with Gasteiger partial charge >= 0.3 is 0 Å². The molecule has 0 fully saturated rings. The van der Waals surface area contributed by atoms with Crippen molar-refractivity contribution in [3.05, 3.63) is 0 Å². The largest absolute Gasteiger partial charge is 0.394 e. The van der Waals surface area contributed by atoms with Crippen LogP contribution in [0.1, 0.15) is 13.3 Å². The molecule has 0 spiro atoms. The molecule has 0 saturated heterocycles. The van der Waals surface area contributed by atoms with Gasteiger partial charge in [-0.25, -0.2) is 0 Å². The van der Waals surface area contributed by atoms with Crippen molar-refractivity contribution in [3.8, 4) is 0 Å². The van der Waals surface area contributed by atoms with Crippen LogP contribution in [0, 0.1) is 0 Å². The Morgan fingerprint density at radius 3 is 2.15 bits per heavy atom. The molecule has 0 aromatic rings. The highest BCUT2D eigenvalue weighted by Gasteiger charge is 2.29. The van der Waals surface area contributed by atoms with Gasteiger partial charge in [-0.2, -0.15) is 0 Å². The minimum atomic E-state index is -1.15. The van der Waals surface area contributed by atoms with E-state index < -0.39 is 24.4 Å². The number of hydrogen-bond acceptors (Lipinski definition) is 5. The Hall–Kier alpha value is -0.200. The fourth-order valence-electron chi connectivity index (χ4n) is 1.04. The highest BCUT2D eigenvalue weighted by Crippen LogP contribution is 2.07. The van der Waals surface area contributed by atoms with Crippen molar-refractivity contribution in [2.75, 3.05) is 13.7 Å². The number of ether oxygens (including phenoxy) is 1. The summed E-state index contributed by atoms with van der Waals surface area (Å²) in [6.45, 7) is 1.46. The Bertz CT molecular complexity index is 129. The molecule has 0 rings (SSSR count). The number of rotatable bonds is 6. The molecule has 0 aliphatic heterocycles. The molecule has 5 N–H and O–H groups in total. The van der Waals surface area contributed by atoms with E-state index in [1.54, 1.807) is 6.92 Å². The van der Waals surface area contributed by atoms with Gasteiger partial charge in [-0.15, -0.1) is 0 Å². The maximum atomic E-state index is 9.46. The summed E-state index contributed by atoms with van der Waals surface area (Å²) in [6.07, 6.45) is -2.44. The Labute approximate surface area is 78.1 Å². The molecule has 0 aromatic heterocycles. The molecule has 0 bridgehead atoms. The minimum absolute atomic E-state index is 0.342. The molecule has 0 radical (unpaired) electrons. The second-order valence-corrected chi connectivity index (χ2v) is 3.01. The fourth-order valence-corrected chi connectivity index (χ4v) is 1.04. The summed E-state index contributed by atoms with van der Waals surface area (Å²) in [7, 11) is 1.36. The molecule has 5 nitrogen and oxygen atoms in total. The SMILES string of the molecule is CC[C@@H](N)C(O)C(O)C(CO)OC. The van der Waals surface area contributed by atoms with Crippen molar-refractivity contribution in [1.82, 2.24) is 0 Å². The van der Waals surface area contributed by atoms with Gasteiger partial charge in [-0.05, 0) is 6.42 Å². The standard InChI is InChI=1S/C8H19NO4/c1-3-5(9)7(11)8(12)6(4-10)13-2/h5-8,10-12H,3-4,9H2,1-2H3/t5-,6?,7?,8?/m1/s1. The molecule has 0 aliphatic rings. The predicted octanol–water partition coefficient (Wildman–Crippen LogP) is -1.55. The Morgan fingerprint density at radius 1 is 1.31 bits per heavy atom. The molecule has 4 atom stereocenters. The van der Waals surface area contributed by atoms with E-state index in [1.807, 2.05) is 0 Å². The molecule has 5 heteroatoms. The van der Waals surface area contributed by atoms with Crippen LogP contribution in [0.15, 0.2) is 0 Å². The van der Waals surface area contributed by atoms with Gasteiger partial charge < -0.3 is 25.8 Å². The second-order valence-electron chi connectivity index (χ2n) is 3.01. The second kappa shape index (κ2) is 6.28. The van der Waals surface area contributed by atoms with Crippen LogP contribution in [-0.4, -0.2) is 53.4 Å². The number of aliphatic hydroxyl groups excluding tert-OH is 3. The Kier molecular flexibility index (Phi) is 6.19. The van der Waals surface area contributed by atoms with E-state index in [2.05, 4.69) is 0 Å². The lowest BCUT2D eigenvalue weighted by Crippen LogP contribution is -2.49. The minimum Gasteiger partial charge on any atom is -0.394 e. The summed E-state index contributed by atoms with van der Waals surface area (Å²) in [5, 5.41) is 27.7. The summed E-state index contributed by atoms with van der Waals surface area (Å²) in [5.74, 6) is 0. The molecule has 80 valence electrons. The van der Waals surface area contributed by atoms with Crippen LogP contribution in [0.4, 0.5) is 0 Å². The third-order valence-electron chi connectivity index (χ3n) is 2.12. The van der Waals surface area contributed by atoms with Crippen LogP contribution in [0.25, 0.3) is 0 Å². The molecular formula is C8H19NO4. The summed E-state index contributed by atoms with van der Waals surface area (Å²) in [6, 6.07) is -0.501. The highest BCUT2D eigenvalue weighted by atomic mass is 16.5. The molecule has 0 heterocycles. The van der Waals surface area contributed by atoms with Gasteiger partial charge in [-0.3, -0.25) is 0 Å².